The molecule has 0 fully saturated rings. The van der Waals surface area contributed by atoms with E-state index < -0.39 is 11.9 Å². The van der Waals surface area contributed by atoms with Crippen molar-refractivity contribution in [2.24, 2.45) is 4.99 Å². The zero-order chi connectivity index (χ0) is 23.6. The maximum atomic E-state index is 13.3. The van der Waals surface area contributed by atoms with Crippen molar-refractivity contribution in [2.75, 3.05) is 6.54 Å². The quantitative estimate of drug-likeness (QED) is 0.320. The number of ketones is 1. The van der Waals surface area contributed by atoms with Crippen LogP contribution in [0.4, 0.5) is 13.2 Å². The number of Topliss-reactive ketones (excluding diaryl/α,β-unsaturated/α-hetero) is 1. The monoisotopic (exact) mass is 454 g/mol. The number of rotatable bonds is 8. The van der Waals surface area contributed by atoms with E-state index in [2.05, 4.69) is 21.9 Å². The van der Waals surface area contributed by atoms with Crippen molar-refractivity contribution < 1.29 is 18.0 Å². The second kappa shape index (κ2) is 9.29. The van der Waals surface area contributed by atoms with E-state index in [-0.39, 0.29) is 17.9 Å². The van der Waals surface area contributed by atoms with Crippen LogP contribution >= 0.6 is 0 Å². The zero-order valence-corrected chi connectivity index (χ0v) is 18.6. The molecular weight excluding hydrogens is 429 g/mol. The van der Waals surface area contributed by atoms with Crippen molar-refractivity contribution in [1.82, 2.24) is 14.4 Å². The van der Waals surface area contributed by atoms with Gasteiger partial charge in [0.25, 0.3) is 0 Å². The fraction of sp³-hybridized carbons (Fsp3) is 0.360. The van der Waals surface area contributed by atoms with Crippen molar-refractivity contribution in [3.8, 4) is 0 Å². The number of hydrogen-bond acceptors (Lipinski definition) is 4. The van der Waals surface area contributed by atoms with Crippen LogP contribution in [0.5, 0.6) is 0 Å². The van der Waals surface area contributed by atoms with Gasteiger partial charge in [-0.1, -0.05) is 44.0 Å². The maximum absolute atomic E-state index is 13.3. The molecule has 1 aliphatic rings. The number of fused-ring (bicyclic) bond motifs is 1. The number of benzene rings is 1. The highest BCUT2D eigenvalue weighted by atomic mass is 19.4. The molecular formula is C25H25F3N4O. The Morgan fingerprint density at radius 1 is 1.18 bits per heavy atom. The average molecular weight is 454 g/mol. The summed E-state index contributed by atoms with van der Waals surface area (Å²) < 4.78 is 41.7. The highest BCUT2D eigenvalue weighted by Gasteiger charge is 2.40. The van der Waals surface area contributed by atoms with Gasteiger partial charge in [-0.05, 0) is 24.5 Å². The molecule has 0 amide bonds. The number of allylic oxidation sites excluding steroid dienone is 1. The first-order valence-electron chi connectivity index (χ1n) is 11.1. The minimum Gasteiger partial charge on any atom is -0.297 e. The molecule has 0 N–H and O–H groups in total. The number of alkyl halides is 3. The van der Waals surface area contributed by atoms with Crippen LogP contribution in [-0.4, -0.2) is 38.6 Å². The zero-order valence-electron chi connectivity index (χ0n) is 18.6. The summed E-state index contributed by atoms with van der Waals surface area (Å²) in [6.07, 6.45) is 5.55. The van der Waals surface area contributed by atoms with E-state index in [4.69, 9.17) is 0 Å². The van der Waals surface area contributed by atoms with Gasteiger partial charge in [-0.25, -0.2) is 4.98 Å². The van der Waals surface area contributed by atoms with E-state index in [9.17, 15) is 18.0 Å². The van der Waals surface area contributed by atoms with Crippen molar-refractivity contribution >= 4 is 22.7 Å². The predicted molar refractivity (Wildman–Crippen MR) is 122 cm³/mol. The van der Waals surface area contributed by atoms with Crippen molar-refractivity contribution in [3.63, 3.8) is 0 Å². The number of halogens is 3. The Labute approximate surface area is 190 Å². The van der Waals surface area contributed by atoms with Gasteiger partial charge in [0.1, 0.15) is 5.71 Å². The summed E-state index contributed by atoms with van der Waals surface area (Å²) in [7, 11) is 0. The molecule has 0 unspecified atom stereocenters. The van der Waals surface area contributed by atoms with Gasteiger partial charge in [0.05, 0.1) is 24.1 Å². The minimum atomic E-state index is -4.52. The fourth-order valence-corrected chi connectivity index (χ4v) is 4.19. The van der Waals surface area contributed by atoms with Gasteiger partial charge in [0.15, 0.2) is 11.4 Å². The number of aryl methyl sites for hydroxylation is 1. The number of nitrogens with zero attached hydrogens (tertiary/aromatic N) is 4. The second-order valence-corrected chi connectivity index (χ2v) is 8.22. The minimum absolute atomic E-state index is 0.00184. The van der Waals surface area contributed by atoms with Gasteiger partial charge >= 0.3 is 6.18 Å². The van der Waals surface area contributed by atoms with Crippen molar-refractivity contribution in [3.05, 3.63) is 70.9 Å². The fourth-order valence-electron chi connectivity index (χ4n) is 4.19. The number of aliphatic imine (C=N–C) groups is 1. The highest BCUT2D eigenvalue weighted by molar-refractivity contribution is 6.27. The molecule has 1 aliphatic heterocycles. The van der Waals surface area contributed by atoms with Gasteiger partial charge in [-0.15, -0.1) is 0 Å². The molecule has 172 valence electrons. The van der Waals surface area contributed by atoms with E-state index in [1.54, 1.807) is 16.8 Å². The molecule has 8 heteroatoms. The third-order valence-electron chi connectivity index (χ3n) is 5.82. The van der Waals surface area contributed by atoms with Crippen LogP contribution in [0.1, 0.15) is 65.5 Å². The summed E-state index contributed by atoms with van der Waals surface area (Å²) in [6, 6.07) is 5.73. The summed E-state index contributed by atoms with van der Waals surface area (Å²) in [5.74, 6) is 0.151. The van der Waals surface area contributed by atoms with Gasteiger partial charge in [-0.3, -0.25) is 19.2 Å². The van der Waals surface area contributed by atoms with Crippen LogP contribution in [0, 0.1) is 6.92 Å². The summed E-state index contributed by atoms with van der Waals surface area (Å²) in [5, 5.41) is 0. The van der Waals surface area contributed by atoms with E-state index in [1.807, 2.05) is 25.1 Å². The van der Waals surface area contributed by atoms with E-state index >= 15 is 0 Å². The number of carbonyl (C=O) groups is 1. The van der Waals surface area contributed by atoms with E-state index in [0.29, 0.717) is 29.9 Å². The first kappa shape index (κ1) is 22.9. The molecule has 0 spiro atoms. The molecule has 0 atom stereocenters. The Hall–Kier alpha value is -3.29. The first-order valence-corrected chi connectivity index (χ1v) is 11.1. The smallest absolute Gasteiger partial charge is 0.297 e. The molecule has 0 saturated heterocycles. The number of unbranched alkanes of at least 4 members (excludes halogenated alkanes) is 2. The largest absolute Gasteiger partial charge is 0.433 e. The Morgan fingerprint density at radius 2 is 2.00 bits per heavy atom. The summed E-state index contributed by atoms with van der Waals surface area (Å²) in [6.45, 7) is 4.02. The van der Waals surface area contributed by atoms with Gasteiger partial charge < -0.3 is 0 Å². The highest BCUT2D eigenvalue weighted by Crippen LogP contribution is 2.32. The Bertz CT molecular complexity index is 1250. The van der Waals surface area contributed by atoms with Crippen LogP contribution in [-0.2, 0) is 6.42 Å². The second-order valence-electron chi connectivity index (χ2n) is 8.22. The van der Waals surface area contributed by atoms with E-state index in [1.165, 1.54) is 12.3 Å². The van der Waals surface area contributed by atoms with E-state index in [0.717, 1.165) is 36.0 Å². The molecule has 5 nitrogen and oxygen atoms in total. The van der Waals surface area contributed by atoms with Crippen LogP contribution < -0.4 is 0 Å². The van der Waals surface area contributed by atoms with Gasteiger partial charge in [-0.2, -0.15) is 13.2 Å². The Balaban J connectivity index is 1.59. The van der Waals surface area contributed by atoms with Crippen LogP contribution in [0.2, 0.25) is 0 Å². The summed E-state index contributed by atoms with van der Waals surface area (Å²) in [4.78, 5) is 24.9. The molecule has 0 radical (unpaired) electrons. The molecule has 33 heavy (non-hydrogen) atoms. The standard InChI is InChI=1S/C25H25F3N4O/c1-3-4-5-6-22(33)18-8-7-17(13-16(18)2)14-20-24-31-15-21(32(24)12-11-29-20)19-9-10-30-23(19)25(26,27)28/h7-9,11-13,15H,3-6,10,14H2,1-2H3. The van der Waals surface area contributed by atoms with Crippen LogP contribution in [0.25, 0.3) is 11.2 Å². The molecule has 0 saturated carbocycles. The summed E-state index contributed by atoms with van der Waals surface area (Å²) >= 11 is 0. The Morgan fingerprint density at radius 3 is 2.73 bits per heavy atom. The molecule has 0 bridgehead atoms. The molecule has 4 rings (SSSR count). The van der Waals surface area contributed by atoms with Crippen molar-refractivity contribution in [1.29, 1.82) is 0 Å². The lowest BCUT2D eigenvalue weighted by Gasteiger charge is -2.11. The lowest BCUT2D eigenvalue weighted by Crippen LogP contribution is -2.23. The topological polar surface area (TPSA) is 59.6 Å². The molecule has 2 aromatic heterocycles. The number of hydrogen-bond donors (Lipinski definition) is 0. The van der Waals surface area contributed by atoms with Gasteiger partial charge in [0.2, 0.25) is 0 Å². The van der Waals surface area contributed by atoms with Crippen LogP contribution in [0.3, 0.4) is 0 Å². The molecule has 3 heterocycles. The molecule has 0 aliphatic carbocycles. The SMILES string of the molecule is CCCCCC(=O)c1ccc(Cc2nccn3c(C4=CCN=C4C(F)(F)F)cnc23)cc1C. The first-order chi connectivity index (χ1) is 15.8. The normalized spacial score (nSPS) is 14.0. The summed E-state index contributed by atoms with van der Waals surface area (Å²) in [5.41, 5.74) is 3.25. The third kappa shape index (κ3) is 4.74. The maximum Gasteiger partial charge on any atom is 0.433 e. The number of imidazole rings is 1. The lowest BCUT2D eigenvalue weighted by atomic mass is 9.97. The molecule has 3 aromatic rings. The predicted octanol–water partition coefficient (Wildman–Crippen LogP) is 5.79. The number of carbonyl (C=O) groups excluding carboxylic acids is 1. The average Bonchev–Trinajstić information content (AvgIpc) is 3.41. The Kier molecular flexibility index (Phi) is 6.44. The van der Waals surface area contributed by atoms with Crippen LogP contribution in [0.15, 0.2) is 47.9 Å². The lowest BCUT2D eigenvalue weighted by molar-refractivity contribution is -0.0571. The van der Waals surface area contributed by atoms with Crippen molar-refractivity contribution in [2.45, 2.75) is 52.1 Å². The van der Waals surface area contributed by atoms with Gasteiger partial charge in [0, 0.05) is 36.4 Å². The molecule has 1 aromatic carbocycles. The third-order valence-corrected chi connectivity index (χ3v) is 5.82. The number of aromatic nitrogens is 3.